The SMILES string of the molecule is CNc1ccnc(CN2CCC(C(F)(F)F)CC2)c1. The van der Waals surface area contributed by atoms with Gasteiger partial charge in [-0.05, 0) is 38.1 Å². The van der Waals surface area contributed by atoms with E-state index in [4.69, 9.17) is 0 Å². The van der Waals surface area contributed by atoms with Crippen LogP contribution in [-0.2, 0) is 6.54 Å². The Balaban J connectivity index is 1.88. The van der Waals surface area contributed by atoms with E-state index in [1.165, 1.54) is 0 Å². The van der Waals surface area contributed by atoms with Gasteiger partial charge in [0.25, 0.3) is 0 Å². The van der Waals surface area contributed by atoms with Gasteiger partial charge in [0.05, 0.1) is 11.6 Å². The lowest BCUT2D eigenvalue weighted by Crippen LogP contribution is -2.38. The molecular weight excluding hydrogens is 255 g/mol. The highest BCUT2D eigenvalue weighted by molar-refractivity contribution is 5.42. The Morgan fingerprint density at radius 2 is 2.05 bits per heavy atom. The Labute approximate surface area is 110 Å². The molecule has 1 saturated heterocycles. The lowest BCUT2D eigenvalue weighted by molar-refractivity contribution is -0.185. The van der Waals surface area contributed by atoms with Crippen LogP contribution < -0.4 is 5.32 Å². The van der Waals surface area contributed by atoms with Gasteiger partial charge in [-0.15, -0.1) is 0 Å². The van der Waals surface area contributed by atoms with Crippen molar-refractivity contribution in [2.75, 3.05) is 25.5 Å². The van der Waals surface area contributed by atoms with Gasteiger partial charge >= 0.3 is 6.18 Å². The molecule has 0 bridgehead atoms. The van der Waals surface area contributed by atoms with E-state index in [1.807, 2.05) is 24.1 Å². The van der Waals surface area contributed by atoms with Crippen molar-refractivity contribution < 1.29 is 13.2 Å². The second kappa shape index (κ2) is 5.77. The van der Waals surface area contributed by atoms with Gasteiger partial charge in [-0.3, -0.25) is 9.88 Å². The summed E-state index contributed by atoms with van der Waals surface area (Å²) in [5, 5.41) is 3.02. The third-order valence-electron chi connectivity index (χ3n) is 3.54. The van der Waals surface area contributed by atoms with E-state index < -0.39 is 12.1 Å². The molecule has 19 heavy (non-hydrogen) atoms. The van der Waals surface area contributed by atoms with E-state index in [2.05, 4.69) is 10.3 Å². The van der Waals surface area contributed by atoms with Crippen LogP contribution in [0.2, 0.25) is 0 Å². The van der Waals surface area contributed by atoms with Crippen molar-refractivity contribution in [1.82, 2.24) is 9.88 Å². The number of rotatable bonds is 3. The average Bonchev–Trinajstić information content (AvgIpc) is 2.38. The van der Waals surface area contributed by atoms with E-state index in [0.29, 0.717) is 19.6 Å². The largest absolute Gasteiger partial charge is 0.391 e. The van der Waals surface area contributed by atoms with Gasteiger partial charge < -0.3 is 5.32 Å². The summed E-state index contributed by atoms with van der Waals surface area (Å²) in [6, 6.07) is 3.79. The van der Waals surface area contributed by atoms with E-state index in [9.17, 15) is 13.2 Å². The number of nitrogens with one attached hydrogen (secondary N) is 1. The topological polar surface area (TPSA) is 28.2 Å². The minimum Gasteiger partial charge on any atom is -0.388 e. The van der Waals surface area contributed by atoms with Crippen molar-refractivity contribution in [1.29, 1.82) is 0 Å². The lowest BCUT2D eigenvalue weighted by atomic mass is 9.96. The summed E-state index contributed by atoms with van der Waals surface area (Å²) in [4.78, 5) is 6.28. The normalized spacial score (nSPS) is 18.5. The van der Waals surface area contributed by atoms with Gasteiger partial charge in [-0.2, -0.15) is 13.2 Å². The highest BCUT2D eigenvalue weighted by Gasteiger charge is 2.40. The zero-order chi connectivity index (χ0) is 13.9. The van der Waals surface area contributed by atoms with Crippen molar-refractivity contribution in [3.63, 3.8) is 0 Å². The minimum absolute atomic E-state index is 0.190. The molecule has 1 N–H and O–H groups in total. The van der Waals surface area contributed by atoms with Crippen molar-refractivity contribution in [2.24, 2.45) is 5.92 Å². The Morgan fingerprint density at radius 1 is 1.37 bits per heavy atom. The van der Waals surface area contributed by atoms with Gasteiger partial charge in [0, 0.05) is 25.5 Å². The Morgan fingerprint density at radius 3 is 2.63 bits per heavy atom. The summed E-state index contributed by atoms with van der Waals surface area (Å²) >= 11 is 0. The highest BCUT2D eigenvalue weighted by atomic mass is 19.4. The van der Waals surface area contributed by atoms with Crippen LogP contribution in [0.4, 0.5) is 18.9 Å². The molecule has 2 rings (SSSR count). The summed E-state index contributed by atoms with van der Waals surface area (Å²) in [5.74, 6) is -1.14. The van der Waals surface area contributed by atoms with Crippen LogP contribution in [0.3, 0.4) is 0 Å². The predicted octanol–water partition coefficient (Wildman–Crippen LogP) is 2.90. The number of halogens is 3. The van der Waals surface area contributed by atoms with Crippen LogP contribution in [0, 0.1) is 5.92 Å². The van der Waals surface area contributed by atoms with Crippen molar-refractivity contribution in [3.05, 3.63) is 24.0 Å². The second-order valence-electron chi connectivity index (χ2n) is 4.88. The van der Waals surface area contributed by atoms with Gasteiger partial charge in [-0.1, -0.05) is 0 Å². The predicted molar refractivity (Wildman–Crippen MR) is 67.8 cm³/mol. The molecule has 1 fully saturated rings. The monoisotopic (exact) mass is 273 g/mol. The fourth-order valence-electron chi connectivity index (χ4n) is 2.37. The maximum Gasteiger partial charge on any atom is 0.391 e. The molecule has 1 aromatic heterocycles. The number of hydrogen-bond acceptors (Lipinski definition) is 3. The molecule has 3 nitrogen and oxygen atoms in total. The summed E-state index contributed by atoms with van der Waals surface area (Å²) in [6.07, 6.45) is -1.95. The van der Waals surface area contributed by atoms with E-state index in [-0.39, 0.29) is 12.8 Å². The molecule has 0 aromatic carbocycles. The maximum atomic E-state index is 12.6. The molecule has 0 aliphatic carbocycles. The van der Waals surface area contributed by atoms with Crippen molar-refractivity contribution in [2.45, 2.75) is 25.6 Å². The fraction of sp³-hybridized carbons (Fsp3) is 0.615. The lowest BCUT2D eigenvalue weighted by Gasteiger charge is -2.32. The number of likely N-dealkylation sites (tertiary alicyclic amines) is 1. The van der Waals surface area contributed by atoms with Crippen LogP contribution >= 0.6 is 0 Å². The highest BCUT2D eigenvalue weighted by Crippen LogP contribution is 2.34. The zero-order valence-electron chi connectivity index (χ0n) is 10.9. The first-order chi connectivity index (χ1) is 8.99. The summed E-state index contributed by atoms with van der Waals surface area (Å²) in [6.45, 7) is 1.57. The average molecular weight is 273 g/mol. The quantitative estimate of drug-likeness (QED) is 0.918. The number of anilines is 1. The van der Waals surface area contributed by atoms with Gasteiger partial charge in [-0.25, -0.2) is 0 Å². The summed E-state index contributed by atoms with van der Waals surface area (Å²) in [5.41, 5.74) is 1.85. The molecule has 2 heterocycles. The molecule has 0 amide bonds. The third kappa shape index (κ3) is 3.83. The molecule has 106 valence electrons. The molecular formula is C13H18F3N3. The number of alkyl halides is 3. The van der Waals surface area contributed by atoms with E-state index in [1.54, 1.807) is 6.20 Å². The third-order valence-corrected chi connectivity index (χ3v) is 3.54. The van der Waals surface area contributed by atoms with Crippen molar-refractivity contribution in [3.8, 4) is 0 Å². The number of hydrogen-bond donors (Lipinski definition) is 1. The molecule has 1 aliphatic heterocycles. The van der Waals surface area contributed by atoms with E-state index in [0.717, 1.165) is 11.4 Å². The first-order valence-corrected chi connectivity index (χ1v) is 6.41. The van der Waals surface area contributed by atoms with Crippen LogP contribution in [0.5, 0.6) is 0 Å². The van der Waals surface area contributed by atoms with Gasteiger partial charge in [0.15, 0.2) is 0 Å². The van der Waals surface area contributed by atoms with Gasteiger partial charge in [0.1, 0.15) is 0 Å². The Hall–Kier alpha value is -1.30. The molecule has 0 saturated carbocycles. The number of aromatic nitrogens is 1. The van der Waals surface area contributed by atoms with Crippen LogP contribution in [0.25, 0.3) is 0 Å². The Bertz CT molecular complexity index is 412. The van der Waals surface area contributed by atoms with Crippen LogP contribution in [0.1, 0.15) is 18.5 Å². The van der Waals surface area contributed by atoms with E-state index >= 15 is 0 Å². The molecule has 1 aliphatic rings. The first kappa shape index (κ1) is 14.1. The standard InChI is InChI=1S/C13H18F3N3/c1-17-11-2-5-18-12(8-11)9-19-6-3-10(4-7-19)13(14,15)16/h2,5,8,10H,3-4,6-7,9H2,1H3,(H,17,18). The number of pyridine rings is 1. The number of piperidine rings is 1. The molecule has 0 unspecified atom stereocenters. The van der Waals surface area contributed by atoms with Crippen molar-refractivity contribution >= 4 is 5.69 Å². The summed E-state index contributed by atoms with van der Waals surface area (Å²) in [7, 11) is 1.83. The minimum atomic E-state index is -4.05. The van der Waals surface area contributed by atoms with Gasteiger partial charge in [0.2, 0.25) is 0 Å². The Kier molecular flexibility index (Phi) is 4.29. The second-order valence-corrected chi connectivity index (χ2v) is 4.88. The molecule has 0 atom stereocenters. The fourth-order valence-corrected chi connectivity index (χ4v) is 2.37. The molecule has 0 spiro atoms. The zero-order valence-corrected chi connectivity index (χ0v) is 10.9. The maximum absolute atomic E-state index is 12.6. The number of nitrogens with zero attached hydrogens (tertiary/aromatic N) is 2. The molecule has 1 aromatic rings. The molecule has 0 radical (unpaired) electrons. The summed E-state index contributed by atoms with van der Waals surface area (Å²) < 4.78 is 37.7. The van der Waals surface area contributed by atoms with Crippen LogP contribution in [-0.4, -0.2) is 36.2 Å². The molecule has 6 heteroatoms. The first-order valence-electron chi connectivity index (χ1n) is 6.41. The smallest absolute Gasteiger partial charge is 0.388 e. The van der Waals surface area contributed by atoms with Crippen LogP contribution in [0.15, 0.2) is 18.3 Å².